The number of carbonyl (C=O) groups excluding carboxylic acids is 2. The van der Waals surface area contributed by atoms with Crippen LogP contribution in [0.5, 0.6) is 5.75 Å². The van der Waals surface area contributed by atoms with Crippen LogP contribution in [0.1, 0.15) is 48.0 Å². The van der Waals surface area contributed by atoms with Crippen molar-refractivity contribution in [3.63, 3.8) is 0 Å². The number of nitrogens with zero attached hydrogens (tertiary/aromatic N) is 2. The summed E-state index contributed by atoms with van der Waals surface area (Å²) in [6.45, 7) is 1.11. The molecule has 0 aliphatic carbocycles. The third kappa shape index (κ3) is 4.77. The van der Waals surface area contributed by atoms with Crippen molar-refractivity contribution in [3.8, 4) is 22.9 Å². The van der Waals surface area contributed by atoms with Crippen LogP contribution in [0.4, 0.5) is 0 Å². The van der Waals surface area contributed by atoms with Crippen molar-refractivity contribution >= 4 is 11.7 Å². The molecule has 3 aromatic carbocycles. The molecule has 5 rings (SSSR count). The van der Waals surface area contributed by atoms with Gasteiger partial charge < -0.3 is 9.64 Å². The molecule has 5 nitrogen and oxygen atoms in total. The number of benzene rings is 3. The van der Waals surface area contributed by atoms with Gasteiger partial charge in [-0.15, -0.1) is 0 Å². The lowest BCUT2D eigenvalue weighted by molar-refractivity contribution is -0.136. The summed E-state index contributed by atoms with van der Waals surface area (Å²) in [6.07, 6.45) is 3.13. The van der Waals surface area contributed by atoms with Crippen LogP contribution in [0.3, 0.4) is 0 Å². The molecule has 1 saturated heterocycles. The Hall–Kier alpha value is -3.91. The molecule has 3 aromatic rings. The van der Waals surface area contributed by atoms with E-state index in [1.165, 1.54) is 0 Å². The Balaban J connectivity index is 1.35. The summed E-state index contributed by atoms with van der Waals surface area (Å²) < 4.78 is 6.69. The molecule has 0 aromatic heterocycles. The second-order valence-corrected chi connectivity index (χ2v) is 9.72. The van der Waals surface area contributed by atoms with Crippen LogP contribution >= 0.6 is 0 Å². The molecule has 1 fully saturated rings. The zero-order valence-electron chi connectivity index (χ0n) is 20.4. The fourth-order valence-corrected chi connectivity index (χ4v) is 5.58. The van der Waals surface area contributed by atoms with E-state index in [0.717, 1.165) is 23.1 Å². The van der Waals surface area contributed by atoms with Crippen molar-refractivity contribution in [3.05, 3.63) is 90.0 Å². The molecule has 182 valence electrons. The number of piperidine rings is 1. The summed E-state index contributed by atoms with van der Waals surface area (Å²) in [4.78, 5) is 28.5. The number of fused-ring (bicyclic) bond motifs is 1. The summed E-state index contributed by atoms with van der Waals surface area (Å²) in [5, 5.41) is 9.24. The molecule has 1 atom stereocenters. The lowest BCUT2D eigenvalue weighted by Gasteiger charge is -2.48. The monoisotopic (exact) mass is 478 g/mol. The minimum absolute atomic E-state index is 0.0509. The van der Waals surface area contributed by atoms with Gasteiger partial charge in [0.2, 0.25) is 5.91 Å². The first kappa shape index (κ1) is 23.8. The molecular weight excluding hydrogens is 448 g/mol. The van der Waals surface area contributed by atoms with Crippen molar-refractivity contribution in [2.75, 3.05) is 13.1 Å². The van der Waals surface area contributed by atoms with Gasteiger partial charge in [-0.25, -0.2) is 0 Å². The number of ketones is 1. The summed E-state index contributed by atoms with van der Waals surface area (Å²) >= 11 is 0. The Morgan fingerprint density at radius 1 is 0.972 bits per heavy atom. The van der Waals surface area contributed by atoms with Gasteiger partial charge in [-0.05, 0) is 41.7 Å². The third-order valence-corrected chi connectivity index (χ3v) is 7.60. The number of nitriles is 1. The Kier molecular flexibility index (Phi) is 6.86. The van der Waals surface area contributed by atoms with Gasteiger partial charge in [0, 0.05) is 38.8 Å². The second kappa shape index (κ2) is 10.4. The number of carbonyl (C=O) groups is 2. The SMILES string of the molecule is N#CCCC1C(=O)c2ccc(-c3ccccc3)cc2OC12CCN(C(=O)CCc1ccccc1)CC2. The van der Waals surface area contributed by atoms with Crippen LogP contribution in [0.2, 0.25) is 0 Å². The average molecular weight is 479 g/mol. The zero-order chi connectivity index (χ0) is 25.0. The summed E-state index contributed by atoms with van der Waals surface area (Å²) in [7, 11) is 0. The molecule has 1 spiro atoms. The minimum Gasteiger partial charge on any atom is -0.486 e. The van der Waals surface area contributed by atoms with E-state index in [1.54, 1.807) is 0 Å². The lowest BCUT2D eigenvalue weighted by Crippen LogP contribution is -2.57. The van der Waals surface area contributed by atoms with Crippen LogP contribution in [0.25, 0.3) is 11.1 Å². The van der Waals surface area contributed by atoms with E-state index in [1.807, 2.05) is 83.8 Å². The smallest absolute Gasteiger partial charge is 0.222 e. The number of ether oxygens (including phenoxy) is 1. The Labute approximate surface area is 212 Å². The third-order valence-electron chi connectivity index (χ3n) is 7.60. The second-order valence-electron chi connectivity index (χ2n) is 9.72. The lowest BCUT2D eigenvalue weighted by atomic mass is 9.71. The molecular formula is C31H30N2O3. The standard InChI is InChI=1S/C31H30N2O3/c32-19-7-12-27-30(35)26-15-14-25(24-10-5-2-6-11-24)22-28(26)36-31(27)17-20-33(21-18-31)29(34)16-13-23-8-3-1-4-9-23/h1-6,8-11,14-15,22,27H,7,12-13,16-18,20-21H2. The van der Waals surface area contributed by atoms with E-state index >= 15 is 0 Å². The van der Waals surface area contributed by atoms with Gasteiger partial charge in [0.1, 0.15) is 11.4 Å². The van der Waals surface area contributed by atoms with Gasteiger partial charge >= 0.3 is 0 Å². The highest BCUT2D eigenvalue weighted by Crippen LogP contribution is 2.46. The molecule has 0 radical (unpaired) electrons. The highest BCUT2D eigenvalue weighted by Gasteiger charge is 2.51. The average Bonchev–Trinajstić information content (AvgIpc) is 2.93. The maximum Gasteiger partial charge on any atom is 0.222 e. The normalized spacial score (nSPS) is 18.2. The zero-order valence-corrected chi connectivity index (χ0v) is 20.4. The van der Waals surface area contributed by atoms with E-state index in [9.17, 15) is 14.9 Å². The van der Waals surface area contributed by atoms with E-state index in [-0.39, 0.29) is 17.6 Å². The largest absolute Gasteiger partial charge is 0.486 e. The first-order chi connectivity index (χ1) is 17.6. The topological polar surface area (TPSA) is 70.4 Å². The number of likely N-dealkylation sites (tertiary alicyclic amines) is 1. The summed E-state index contributed by atoms with van der Waals surface area (Å²) in [5.41, 5.74) is 3.12. The molecule has 2 aliphatic heterocycles. The molecule has 0 bridgehead atoms. The number of aryl methyl sites for hydroxylation is 1. The van der Waals surface area contributed by atoms with Gasteiger partial charge in [0.15, 0.2) is 5.78 Å². The Morgan fingerprint density at radius 2 is 1.67 bits per heavy atom. The Bertz CT molecular complexity index is 1270. The molecule has 1 amide bonds. The number of hydrogen-bond donors (Lipinski definition) is 0. The van der Waals surface area contributed by atoms with Gasteiger partial charge in [0.25, 0.3) is 0 Å². The number of rotatable bonds is 6. The van der Waals surface area contributed by atoms with Crippen LogP contribution in [-0.4, -0.2) is 35.3 Å². The van der Waals surface area contributed by atoms with Gasteiger partial charge in [-0.1, -0.05) is 66.7 Å². The fraction of sp³-hybridized carbons (Fsp3) is 0.323. The number of amides is 1. The predicted molar refractivity (Wildman–Crippen MR) is 138 cm³/mol. The fourth-order valence-electron chi connectivity index (χ4n) is 5.58. The van der Waals surface area contributed by atoms with Crippen LogP contribution in [-0.2, 0) is 11.2 Å². The van der Waals surface area contributed by atoms with E-state index in [0.29, 0.717) is 56.5 Å². The quantitative estimate of drug-likeness (QED) is 0.446. The van der Waals surface area contributed by atoms with Crippen molar-refractivity contribution in [2.24, 2.45) is 5.92 Å². The van der Waals surface area contributed by atoms with Crippen molar-refractivity contribution < 1.29 is 14.3 Å². The predicted octanol–water partition coefficient (Wildman–Crippen LogP) is 5.84. The van der Waals surface area contributed by atoms with Gasteiger partial charge in [-0.2, -0.15) is 5.26 Å². The first-order valence-corrected chi connectivity index (χ1v) is 12.7. The van der Waals surface area contributed by atoms with Crippen molar-refractivity contribution in [1.29, 1.82) is 5.26 Å². The Morgan fingerprint density at radius 3 is 2.36 bits per heavy atom. The van der Waals surface area contributed by atoms with E-state index in [4.69, 9.17) is 4.74 Å². The molecule has 36 heavy (non-hydrogen) atoms. The van der Waals surface area contributed by atoms with E-state index in [2.05, 4.69) is 6.07 Å². The number of Topliss-reactive ketones (excluding diaryl/α,β-unsaturated/α-hetero) is 1. The van der Waals surface area contributed by atoms with Gasteiger partial charge in [-0.3, -0.25) is 9.59 Å². The van der Waals surface area contributed by atoms with Crippen molar-refractivity contribution in [1.82, 2.24) is 4.90 Å². The van der Waals surface area contributed by atoms with Crippen LogP contribution in [0.15, 0.2) is 78.9 Å². The maximum atomic E-state index is 13.6. The highest BCUT2D eigenvalue weighted by atomic mass is 16.5. The van der Waals surface area contributed by atoms with Crippen LogP contribution in [0, 0.1) is 17.2 Å². The summed E-state index contributed by atoms with van der Waals surface area (Å²) in [5.74, 6) is 0.415. The van der Waals surface area contributed by atoms with Crippen LogP contribution < -0.4 is 4.74 Å². The van der Waals surface area contributed by atoms with Gasteiger partial charge in [0.05, 0.1) is 17.6 Å². The minimum atomic E-state index is -0.688. The molecule has 2 aliphatic rings. The molecule has 0 saturated carbocycles. The molecule has 1 unspecified atom stereocenters. The highest BCUT2D eigenvalue weighted by molar-refractivity contribution is 6.02. The molecule has 0 N–H and O–H groups in total. The maximum absolute atomic E-state index is 13.6. The first-order valence-electron chi connectivity index (χ1n) is 12.7. The molecule has 2 heterocycles. The van der Waals surface area contributed by atoms with E-state index < -0.39 is 5.60 Å². The molecule has 5 heteroatoms. The number of hydrogen-bond acceptors (Lipinski definition) is 4. The van der Waals surface area contributed by atoms with Crippen molar-refractivity contribution in [2.45, 2.75) is 44.1 Å². The summed E-state index contributed by atoms with van der Waals surface area (Å²) in [6, 6.07) is 28.1.